The lowest BCUT2D eigenvalue weighted by atomic mass is 10.1. The Balaban J connectivity index is 2.17. The first kappa shape index (κ1) is 17.1. The molecular weight excluding hydrogens is 278 g/mol. The largest absolute Gasteiger partial charge is 0.372 e. The molecule has 1 aromatic rings. The quantitative estimate of drug-likeness (QED) is 0.604. The van der Waals surface area contributed by atoms with Gasteiger partial charge in [-0.2, -0.15) is 0 Å². The molecule has 1 saturated heterocycles. The summed E-state index contributed by atoms with van der Waals surface area (Å²) >= 11 is 0. The van der Waals surface area contributed by atoms with Crippen molar-refractivity contribution in [1.29, 1.82) is 0 Å². The first-order chi connectivity index (χ1) is 11.1. The second-order valence-corrected chi connectivity index (χ2v) is 6.22. The van der Waals surface area contributed by atoms with Gasteiger partial charge in [0.15, 0.2) is 0 Å². The molecule has 0 spiro atoms. The normalized spacial score (nSPS) is 16.2. The lowest BCUT2D eigenvalue weighted by Crippen LogP contribution is -2.18. The summed E-state index contributed by atoms with van der Waals surface area (Å²) in [5.41, 5.74) is 5.75. The molecule has 1 aliphatic rings. The third-order valence-electron chi connectivity index (χ3n) is 3.94. The lowest BCUT2D eigenvalue weighted by Gasteiger charge is -2.21. The number of allylic oxidation sites excluding steroid dienone is 5. The Bertz CT molecular complexity index is 638. The van der Waals surface area contributed by atoms with E-state index >= 15 is 0 Å². The Morgan fingerprint density at radius 2 is 1.65 bits per heavy atom. The number of nitrogens with zero attached hydrogens (tertiary/aromatic N) is 1. The standard InChI is InChI=1S/C22H27N/c1-18(2)16-22(20(4)23-14-8-9-15-23)17-19(3)12-13-21-10-6-5-7-11-21/h5-7,10-13,16-17H,1,4,8-9,14-15H2,2-3H3/b13-12+,19-17+,22-16+. The van der Waals surface area contributed by atoms with E-state index in [9.17, 15) is 0 Å². The van der Waals surface area contributed by atoms with E-state index in [1.165, 1.54) is 24.0 Å². The Kier molecular flexibility index (Phi) is 6.22. The summed E-state index contributed by atoms with van der Waals surface area (Å²) in [6, 6.07) is 10.4. The van der Waals surface area contributed by atoms with Crippen LogP contribution in [0.5, 0.6) is 0 Å². The highest BCUT2D eigenvalue weighted by atomic mass is 15.1. The van der Waals surface area contributed by atoms with Gasteiger partial charge in [0.1, 0.15) is 0 Å². The van der Waals surface area contributed by atoms with Crippen molar-refractivity contribution in [3.8, 4) is 0 Å². The van der Waals surface area contributed by atoms with Crippen LogP contribution in [0, 0.1) is 0 Å². The van der Waals surface area contributed by atoms with Crippen LogP contribution in [-0.2, 0) is 0 Å². The van der Waals surface area contributed by atoms with Crippen molar-refractivity contribution < 1.29 is 0 Å². The van der Waals surface area contributed by atoms with Crippen LogP contribution in [0.15, 0.2) is 84.1 Å². The highest BCUT2D eigenvalue weighted by molar-refractivity contribution is 5.54. The summed E-state index contributed by atoms with van der Waals surface area (Å²) in [4.78, 5) is 2.37. The first-order valence-corrected chi connectivity index (χ1v) is 8.29. The molecule has 120 valence electrons. The van der Waals surface area contributed by atoms with Crippen molar-refractivity contribution in [2.75, 3.05) is 13.1 Å². The molecule has 0 unspecified atom stereocenters. The molecule has 1 heteroatoms. The van der Waals surface area contributed by atoms with Gasteiger partial charge in [-0.05, 0) is 43.9 Å². The van der Waals surface area contributed by atoms with Gasteiger partial charge in [0.05, 0.1) is 0 Å². The molecule has 0 saturated carbocycles. The molecule has 1 fully saturated rings. The fraction of sp³-hybridized carbons (Fsp3) is 0.273. The van der Waals surface area contributed by atoms with Crippen LogP contribution in [0.3, 0.4) is 0 Å². The van der Waals surface area contributed by atoms with Gasteiger partial charge in [0, 0.05) is 18.8 Å². The summed E-state index contributed by atoms with van der Waals surface area (Å²) < 4.78 is 0. The van der Waals surface area contributed by atoms with Crippen molar-refractivity contribution in [2.45, 2.75) is 26.7 Å². The summed E-state index contributed by atoms with van der Waals surface area (Å²) in [6.45, 7) is 14.7. The van der Waals surface area contributed by atoms with Crippen molar-refractivity contribution in [2.24, 2.45) is 0 Å². The number of benzene rings is 1. The van der Waals surface area contributed by atoms with Gasteiger partial charge in [-0.25, -0.2) is 0 Å². The van der Waals surface area contributed by atoms with Crippen LogP contribution < -0.4 is 0 Å². The molecule has 0 aromatic heterocycles. The van der Waals surface area contributed by atoms with Gasteiger partial charge in [0.25, 0.3) is 0 Å². The number of hydrogen-bond acceptors (Lipinski definition) is 1. The monoisotopic (exact) mass is 305 g/mol. The molecule has 1 aromatic carbocycles. The Morgan fingerprint density at radius 3 is 2.26 bits per heavy atom. The minimum absolute atomic E-state index is 1.05. The van der Waals surface area contributed by atoms with Crippen LogP contribution in [-0.4, -0.2) is 18.0 Å². The van der Waals surface area contributed by atoms with Crippen LogP contribution >= 0.6 is 0 Å². The molecule has 0 bridgehead atoms. The SMILES string of the molecule is C=C(C)\C=C(/C=C(C)/C=C/c1ccccc1)C(=C)N1CCCC1. The zero-order chi connectivity index (χ0) is 16.7. The summed E-state index contributed by atoms with van der Waals surface area (Å²) in [7, 11) is 0. The zero-order valence-corrected chi connectivity index (χ0v) is 14.4. The van der Waals surface area contributed by atoms with E-state index in [0.717, 1.165) is 29.9 Å². The third-order valence-corrected chi connectivity index (χ3v) is 3.94. The highest BCUT2D eigenvalue weighted by Crippen LogP contribution is 2.23. The van der Waals surface area contributed by atoms with Crippen molar-refractivity contribution >= 4 is 6.08 Å². The second-order valence-electron chi connectivity index (χ2n) is 6.22. The lowest BCUT2D eigenvalue weighted by molar-refractivity contribution is 0.438. The average molecular weight is 305 g/mol. The van der Waals surface area contributed by atoms with E-state index in [4.69, 9.17) is 0 Å². The fourth-order valence-electron chi connectivity index (χ4n) is 2.73. The molecule has 0 N–H and O–H groups in total. The maximum atomic E-state index is 4.31. The van der Waals surface area contributed by atoms with Gasteiger partial charge < -0.3 is 4.90 Å². The Morgan fingerprint density at radius 1 is 1.00 bits per heavy atom. The summed E-state index contributed by atoms with van der Waals surface area (Å²) in [5.74, 6) is 0. The van der Waals surface area contributed by atoms with E-state index in [1.54, 1.807) is 0 Å². The number of hydrogen-bond donors (Lipinski definition) is 0. The van der Waals surface area contributed by atoms with Gasteiger partial charge >= 0.3 is 0 Å². The predicted octanol–water partition coefficient (Wildman–Crippen LogP) is 5.76. The maximum Gasteiger partial charge on any atom is 0.0366 e. The molecule has 0 amide bonds. The molecule has 0 radical (unpaired) electrons. The predicted molar refractivity (Wildman–Crippen MR) is 102 cm³/mol. The van der Waals surface area contributed by atoms with Crippen LogP contribution in [0.1, 0.15) is 32.3 Å². The first-order valence-electron chi connectivity index (χ1n) is 8.29. The van der Waals surface area contributed by atoms with E-state index in [1.807, 2.05) is 13.0 Å². The van der Waals surface area contributed by atoms with Crippen molar-refractivity contribution in [1.82, 2.24) is 4.90 Å². The zero-order valence-electron chi connectivity index (χ0n) is 14.4. The van der Waals surface area contributed by atoms with E-state index in [2.05, 4.69) is 73.6 Å². The fourth-order valence-corrected chi connectivity index (χ4v) is 2.73. The summed E-state index contributed by atoms with van der Waals surface area (Å²) in [6.07, 6.45) is 11.1. The van der Waals surface area contributed by atoms with Crippen LogP contribution in [0.25, 0.3) is 6.08 Å². The summed E-state index contributed by atoms with van der Waals surface area (Å²) in [5, 5.41) is 0. The molecule has 2 rings (SSSR count). The smallest absolute Gasteiger partial charge is 0.0366 e. The van der Waals surface area contributed by atoms with Gasteiger partial charge in [0.2, 0.25) is 0 Å². The van der Waals surface area contributed by atoms with Gasteiger partial charge in [-0.15, -0.1) is 0 Å². The minimum Gasteiger partial charge on any atom is -0.372 e. The van der Waals surface area contributed by atoms with E-state index in [-0.39, 0.29) is 0 Å². The molecule has 1 heterocycles. The average Bonchev–Trinajstić information content (AvgIpc) is 3.06. The Labute approximate surface area is 141 Å². The molecular formula is C22H27N. The van der Waals surface area contributed by atoms with E-state index < -0.39 is 0 Å². The van der Waals surface area contributed by atoms with Gasteiger partial charge in [-0.1, -0.05) is 72.9 Å². The number of rotatable bonds is 6. The molecule has 1 aliphatic heterocycles. The van der Waals surface area contributed by atoms with E-state index in [0.29, 0.717) is 0 Å². The van der Waals surface area contributed by atoms with Gasteiger partial charge in [-0.3, -0.25) is 0 Å². The second kappa shape index (κ2) is 8.38. The van der Waals surface area contributed by atoms with Crippen molar-refractivity contribution in [3.05, 3.63) is 89.7 Å². The topological polar surface area (TPSA) is 3.24 Å². The number of likely N-dealkylation sites (tertiary alicyclic amines) is 1. The Hall–Kier alpha value is -2.28. The molecule has 23 heavy (non-hydrogen) atoms. The van der Waals surface area contributed by atoms with Crippen LogP contribution in [0.4, 0.5) is 0 Å². The molecule has 0 atom stereocenters. The van der Waals surface area contributed by atoms with Crippen LogP contribution in [0.2, 0.25) is 0 Å². The minimum atomic E-state index is 1.05. The maximum absolute atomic E-state index is 4.31. The molecule has 1 nitrogen and oxygen atoms in total. The van der Waals surface area contributed by atoms with Crippen molar-refractivity contribution in [3.63, 3.8) is 0 Å². The molecule has 0 aliphatic carbocycles. The third kappa shape index (κ3) is 5.45. The highest BCUT2D eigenvalue weighted by Gasteiger charge is 2.15.